The number of unbranched alkanes of at least 4 members (excludes halogenated alkanes) is 1. The molecule has 1 N–H and O–H groups in total. The molecule has 5 heteroatoms. The van der Waals surface area contributed by atoms with Crippen LogP contribution in [0.5, 0.6) is 0 Å². The third-order valence-corrected chi connectivity index (χ3v) is 7.94. The molecule has 5 atom stereocenters. The zero-order chi connectivity index (χ0) is 20.8. The Bertz CT molecular complexity index is 805. The number of nitrogens with one attached hydrogen (secondary N) is 1. The van der Waals surface area contributed by atoms with Crippen LogP contribution in [0.4, 0.5) is 9.18 Å². The predicted octanol–water partition coefficient (Wildman–Crippen LogP) is 5.55. The molecule has 3 fully saturated rings. The van der Waals surface area contributed by atoms with Crippen molar-refractivity contribution in [1.29, 1.82) is 0 Å². The Kier molecular flexibility index (Phi) is 5.43. The van der Waals surface area contributed by atoms with E-state index in [1.807, 2.05) is 6.07 Å². The van der Waals surface area contributed by atoms with Crippen molar-refractivity contribution in [2.45, 2.75) is 71.8 Å². The summed E-state index contributed by atoms with van der Waals surface area (Å²) in [6.07, 6.45) is 5.30. The summed E-state index contributed by atoms with van der Waals surface area (Å²) in [7, 11) is 0. The van der Waals surface area contributed by atoms with E-state index >= 15 is 0 Å². The molecular weight excluding hydrogens is 365 g/mol. The second-order valence-corrected chi connectivity index (χ2v) is 9.90. The van der Waals surface area contributed by atoms with Gasteiger partial charge in [-0.05, 0) is 66.5 Å². The van der Waals surface area contributed by atoms with Gasteiger partial charge in [-0.25, -0.2) is 14.2 Å². The number of carbonyl (C=O) groups excluding carboxylic acids is 1. The highest BCUT2D eigenvalue weighted by Crippen LogP contribution is 2.61. The molecule has 3 aliphatic carbocycles. The fraction of sp³-hybridized carbons (Fsp3) is 0.667. The number of halogens is 1. The van der Waals surface area contributed by atoms with Crippen LogP contribution in [0.1, 0.15) is 71.3 Å². The van der Waals surface area contributed by atoms with Gasteiger partial charge >= 0.3 is 6.03 Å². The minimum Gasteiger partial charge on any atom is -0.333 e. The zero-order valence-electron chi connectivity index (χ0n) is 18.1. The van der Waals surface area contributed by atoms with E-state index < -0.39 is 0 Å². The van der Waals surface area contributed by atoms with Gasteiger partial charge in [0.25, 0.3) is 0 Å². The minimum absolute atomic E-state index is 0.0147. The van der Waals surface area contributed by atoms with Crippen molar-refractivity contribution >= 4 is 11.7 Å². The number of hydrogen-bond donors (Lipinski definition) is 1. The smallest absolute Gasteiger partial charge is 0.333 e. The van der Waals surface area contributed by atoms with Crippen molar-refractivity contribution in [2.24, 2.45) is 28.3 Å². The number of hydrogen-bond acceptors (Lipinski definition) is 2. The molecule has 1 heterocycles. The first-order chi connectivity index (χ1) is 13.8. The molecule has 0 spiro atoms. The van der Waals surface area contributed by atoms with Gasteiger partial charge in [0.05, 0.1) is 6.54 Å². The molecule has 4 nitrogen and oxygen atoms in total. The molecule has 158 valence electrons. The maximum absolute atomic E-state index is 13.8. The number of amides is 2. The standard InChI is InChI=1S/C24H34FN3O/c1-5-6-10-21-19(16-8-7-9-18(25)11-16)14-28(27-21)23(29)26-22-13-17-12-20(15(22)2)24(17,3)4/h7-9,11,15,17,19-20,22H,5-6,10,12-14H2,1-4H3,(H,26,29)/t15-,17+,19?,20+,22+/m1/s1. The van der Waals surface area contributed by atoms with Crippen molar-refractivity contribution in [3.8, 4) is 0 Å². The Morgan fingerprint density at radius 1 is 1.34 bits per heavy atom. The van der Waals surface area contributed by atoms with Gasteiger partial charge in [0.1, 0.15) is 5.82 Å². The van der Waals surface area contributed by atoms with E-state index in [2.05, 4.69) is 38.1 Å². The largest absolute Gasteiger partial charge is 0.338 e. The molecular formula is C24H34FN3O. The fourth-order valence-corrected chi connectivity index (χ4v) is 5.85. The maximum Gasteiger partial charge on any atom is 0.338 e. The van der Waals surface area contributed by atoms with Crippen LogP contribution in [0, 0.1) is 29.0 Å². The van der Waals surface area contributed by atoms with Gasteiger partial charge in [0.2, 0.25) is 0 Å². The Morgan fingerprint density at radius 2 is 2.14 bits per heavy atom. The highest BCUT2D eigenvalue weighted by molar-refractivity contribution is 5.94. The summed E-state index contributed by atoms with van der Waals surface area (Å²) in [6, 6.07) is 6.84. The number of rotatable bonds is 5. The van der Waals surface area contributed by atoms with Crippen LogP contribution in [0.15, 0.2) is 29.4 Å². The summed E-state index contributed by atoms with van der Waals surface area (Å²) < 4.78 is 13.8. The summed E-state index contributed by atoms with van der Waals surface area (Å²) in [5.41, 5.74) is 2.31. The molecule has 1 aromatic carbocycles. The number of benzene rings is 1. The second-order valence-electron chi connectivity index (χ2n) is 9.90. The third kappa shape index (κ3) is 3.69. The summed E-state index contributed by atoms with van der Waals surface area (Å²) in [5.74, 6) is 1.63. The first-order valence-corrected chi connectivity index (χ1v) is 11.2. The van der Waals surface area contributed by atoms with E-state index in [0.29, 0.717) is 29.7 Å². The lowest BCUT2D eigenvalue weighted by Crippen LogP contribution is -2.61. The van der Waals surface area contributed by atoms with Crippen molar-refractivity contribution in [2.75, 3.05) is 6.54 Å². The Balaban J connectivity index is 1.45. The predicted molar refractivity (Wildman–Crippen MR) is 114 cm³/mol. The third-order valence-electron chi connectivity index (χ3n) is 7.94. The molecule has 1 aliphatic heterocycles. The van der Waals surface area contributed by atoms with Gasteiger partial charge in [0, 0.05) is 17.7 Å². The number of carbonyl (C=O) groups is 1. The van der Waals surface area contributed by atoms with Gasteiger partial charge in [-0.2, -0.15) is 5.10 Å². The average Bonchev–Trinajstić information content (AvgIpc) is 3.11. The summed E-state index contributed by atoms with van der Waals surface area (Å²) in [5, 5.41) is 9.53. The molecule has 1 aromatic rings. The van der Waals surface area contributed by atoms with Gasteiger partial charge in [0.15, 0.2) is 0 Å². The summed E-state index contributed by atoms with van der Waals surface area (Å²) >= 11 is 0. The normalized spacial score (nSPS) is 32.5. The monoisotopic (exact) mass is 399 g/mol. The Morgan fingerprint density at radius 3 is 2.79 bits per heavy atom. The van der Waals surface area contributed by atoms with Crippen molar-refractivity contribution in [3.63, 3.8) is 0 Å². The van der Waals surface area contributed by atoms with Crippen molar-refractivity contribution in [1.82, 2.24) is 10.3 Å². The van der Waals surface area contributed by atoms with Crippen LogP contribution >= 0.6 is 0 Å². The lowest BCUT2D eigenvalue weighted by atomic mass is 9.45. The van der Waals surface area contributed by atoms with E-state index in [9.17, 15) is 9.18 Å². The lowest BCUT2D eigenvalue weighted by Gasteiger charge is -2.62. The summed E-state index contributed by atoms with van der Waals surface area (Å²) in [4.78, 5) is 13.0. The van der Waals surface area contributed by atoms with E-state index in [0.717, 1.165) is 37.0 Å². The molecule has 3 saturated carbocycles. The Hall–Kier alpha value is -1.91. The molecule has 4 aliphatic rings. The van der Waals surface area contributed by atoms with Crippen LogP contribution in [0.3, 0.4) is 0 Å². The first-order valence-electron chi connectivity index (χ1n) is 11.2. The maximum atomic E-state index is 13.8. The van der Waals surface area contributed by atoms with Crippen LogP contribution in [0.2, 0.25) is 0 Å². The molecule has 0 aromatic heterocycles. The molecule has 2 amide bonds. The zero-order valence-corrected chi connectivity index (χ0v) is 18.1. The molecule has 0 radical (unpaired) electrons. The van der Waals surface area contributed by atoms with Crippen LogP contribution in [-0.4, -0.2) is 29.3 Å². The highest BCUT2D eigenvalue weighted by atomic mass is 19.1. The number of fused-ring (bicyclic) bond motifs is 2. The van der Waals surface area contributed by atoms with Crippen LogP contribution < -0.4 is 5.32 Å². The quantitative estimate of drug-likeness (QED) is 0.693. The van der Waals surface area contributed by atoms with Gasteiger partial charge in [-0.3, -0.25) is 0 Å². The number of nitrogens with zero attached hydrogens (tertiary/aromatic N) is 2. The highest BCUT2D eigenvalue weighted by Gasteiger charge is 2.56. The van der Waals surface area contributed by atoms with Crippen LogP contribution in [-0.2, 0) is 0 Å². The molecule has 1 unspecified atom stereocenters. The minimum atomic E-state index is -0.238. The molecule has 5 rings (SSSR count). The first kappa shape index (κ1) is 20.4. The number of hydrazone groups is 1. The fourth-order valence-electron chi connectivity index (χ4n) is 5.85. The molecule has 2 bridgehead atoms. The van der Waals surface area contributed by atoms with E-state index in [1.54, 1.807) is 17.1 Å². The molecule has 29 heavy (non-hydrogen) atoms. The topological polar surface area (TPSA) is 44.7 Å². The van der Waals surface area contributed by atoms with E-state index in [4.69, 9.17) is 0 Å². The Labute approximate surface area is 173 Å². The van der Waals surface area contributed by atoms with Crippen LogP contribution in [0.25, 0.3) is 0 Å². The van der Waals surface area contributed by atoms with Crippen molar-refractivity contribution in [3.05, 3.63) is 35.6 Å². The van der Waals surface area contributed by atoms with Gasteiger partial charge in [-0.15, -0.1) is 0 Å². The average molecular weight is 400 g/mol. The van der Waals surface area contributed by atoms with Gasteiger partial charge in [-0.1, -0.05) is 46.2 Å². The lowest BCUT2D eigenvalue weighted by molar-refractivity contribution is -0.113. The van der Waals surface area contributed by atoms with E-state index in [-0.39, 0.29) is 23.8 Å². The molecule has 0 saturated heterocycles. The second kappa shape index (κ2) is 7.73. The van der Waals surface area contributed by atoms with E-state index in [1.165, 1.54) is 12.5 Å². The van der Waals surface area contributed by atoms with Crippen molar-refractivity contribution < 1.29 is 9.18 Å². The number of urea groups is 1. The van der Waals surface area contributed by atoms with Gasteiger partial charge < -0.3 is 5.32 Å². The SMILES string of the molecule is CCCCC1=NN(C(=O)N[C@H]2C[C@@H]3C[C@@H]([C@H]2C)C3(C)C)CC1c1cccc(F)c1. The summed E-state index contributed by atoms with van der Waals surface area (Å²) in [6.45, 7) is 9.66.